The van der Waals surface area contributed by atoms with Gasteiger partial charge in [0.05, 0.1) is 17.1 Å². The fourth-order valence-corrected chi connectivity index (χ4v) is 7.72. The largest absolute Gasteiger partial charge is 1.00 e. The molecular formula is C27H35BrCl3Cs2F4N11O9S3. The number of anilines is 6. The van der Waals surface area contributed by atoms with E-state index in [9.17, 15) is 42.8 Å². The molecular weight excluding hydrogens is 1250 g/mol. The first kappa shape index (κ1) is 60.6. The summed E-state index contributed by atoms with van der Waals surface area (Å²) in [5.74, 6) is -5.29. The van der Waals surface area contributed by atoms with Gasteiger partial charge in [-0.2, -0.15) is 25.3 Å². The minimum Gasteiger partial charge on any atom is -1.00 e. The number of fused-ring (bicyclic) bond motifs is 2. The van der Waals surface area contributed by atoms with Crippen LogP contribution in [-0.4, -0.2) is 91.5 Å². The quantitative estimate of drug-likeness (QED) is 0.0421. The van der Waals surface area contributed by atoms with E-state index in [1.165, 1.54) is 32.3 Å². The average molecular weight is 1280 g/mol. The van der Waals surface area contributed by atoms with Gasteiger partial charge in [0.2, 0.25) is 0 Å². The Kier molecular flexibility index (Phi) is 25.8. The molecule has 8 N–H and O–H groups in total. The van der Waals surface area contributed by atoms with Gasteiger partial charge in [-0.25, -0.2) is 55.7 Å². The van der Waals surface area contributed by atoms with Crippen molar-refractivity contribution in [3.05, 3.63) is 51.9 Å². The van der Waals surface area contributed by atoms with E-state index in [2.05, 4.69) is 56.1 Å². The van der Waals surface area contributed by atoms with Crippen molar-refractivity contribution in [2.75, 3.05) is 61.7 Å². The van der Waals surface area contributed by atoms with Crippen molar-refractivity contribution in [2.45, 2.75) is 24.7 Å². The van der Waals surface area contributed by atoms with Gasteiger partial charge in [-0.05, 0) is 36.4 Å². The van der Waals surface area contributed by atoms with E-state index in [0.717, 1.165) is 12.9 Å². The molecule has 2 unspecified atom stereocenters. The second kappa shape index (κ2) is 25.5. The summed E-state index contributed by atoms with van der Waals surface area (Å²) < 4.78 is 120. The van der Waals surface area contributed by atoms with Gasteiger partial charge in [0.15, 0.2) is 17.5 Å². The Morgan fingerprint density at radius 1 is 0.933 bits per heavy atom. The number of carbonyl (C=O) groups is 1. The van der Waals surface area contributed by atoms with E-state index < -0.39 is 48.4 Å². The van der Waals surface area contributed by atoms with Crippen molar-refractivity contribution >= 4 is 122 Å². The van der Waals surface area contributed by atoms with E-state index in [-0.39, 0.29) is 193 Å². The molecule has 2 aliphatic carbocycles. The molecule has 328 valence electrons. The molecule has 20 nitrogen and oxygen atoms in total. The van der Waals surface area contributed by atoms with Crippen molar-refractivity contribution in [3.8, 4) is 0 Å². The Balaban J connectivity index is 0. The number of hydrogen-bond donors (Lipinski definition) is 5. The van der Waals surface area contributed by atoms with Crippen molar-refractivity contribution in [2.24, 2.45) is 22.1 Å². The van der Waals surface area contributed by atoms with Crippen LogP contribution in [0.3, 0.4) is 0 Å². The molecule has 0 spiro atoms. The average Bonchev–Trinajstić information content (AvgIpc) is 3.91. The zero-order valence-electron chi connectivity index (χ0n) is 32.9. The summed E-state index contributed by atoms with van der Waals surface area (Å²) in [5.41, 5.74) is 6.86. The van der Waals surface area contributed by atoms with E-state index in [0.29, 0.717) is 33.5 Å². The van der Waals surface area contributed by atoms with Gasteiger partial charge in [0.25, 0.3) is 28.5 Å². The molecule has 2 saturated carbocycles. The predicted octanol–water partition coefficient (Wildman–Crippen LogP) is -3.17. The number of nitrogen functional groups attached to an aromatic ring is 1. The molecule has 33 heteroatoms. The smallest absolute Gasteiger partial charge is 1.00 e. The summed E-state index contributed by atoms with van der Waals surface area (Å²) in [6.45, 7) is -0.421. The topological polar surface area (TPSA) is 302 Å². The van der Waals surface area contributed by atoms with Crippen LogP contribution in [0.2, 0.25) is 15.5 Å². The number of nitrogens with zero attached hydrogens (tertiary/aromatic N) is 6. The SMILES string of the molecule is CN1c2nc(Cl)ccc2N(CC2CC2(F)F)S1(=O)=O.CN1c2nc(Cl)ccc2NS1(=O)=O.CNc1nc(Cl)ccc1N.FC1(F)CC1CBr.NS(N)(=O)=O.O=CO[O-].[Cs+].[Cs+].[H-]. The number of nitrogens with two attached hydrogens (primary N) is 3. The van der Waals surface area contributed by atoms with Gasteiger partial charge in [0.1, 0.15) is 15.5 Å². The van der Waals surface area contributed by atoms with Crippen LogP contribution < -0.4 is 182 Å². The van der Waals surface area contributed by atoms with Crippen LogP contribution in [0.25, 0.3) is 0 Å². The first-order valence-electron chi connectivity index (χ1n) is 15.4. The summed E-state index contributed by atoms with van der Waals surface area (Å²) in [4.78, 5) is 23.0. The van der Waals surface area contributed by atoms with Crippen LogP contribution in [0.15, 0.2) is 36.4 Å². The molecule has 7 rings (SSSR count). The number of halogens is 8. The van der Waals surface area contributed by atoms with Gasteiger partial charge in [-0.3, -0.25) is 9.52 Å². The summed E-state index contributed by atoms with van der Waals surface area (Å²) in [7, 11) is -6.46. The number of hydrogen-bond acceptors (Lipinski definition) is 14. The molecule has 2 atom stereocenters. The van der Waals surface area contributed by atoms with Crippen LogP contribution in [0.4, 0.5) is 52.1 Å². The molecule has 4 aliphatic rings. The Morgan fingerprint density at radius 3 is 1.77 bits per heavy atom. The minimum atomic E-state index is -3.83. The van der Waals surface area contributed by atoms with E-state index in [4.69, 9.17) is 50.6 Å². The third kappa shape index (κ3) is 18.8. The molecule has 3 aromatic heterocycles. The fraction of sp³-hybridized carbons (Fsp3) is 0.407. The summed E-state index contributed by atoms with van der Waals surface area (Å²) >= 11 is 19.9. The summed E-state index contributed by atoms with van der Waals surface area (Å²) in [5, 5.41) is 20.8. The Labute approximate surface area is 485 Å². The number of alkyl halides is 5. The monoisotopic (exact) mass is 1280 g/mol. The molecule has 0 saturated heterocycles. The van der Waals surface area contributed by atoms with Crippen molar-refractivity contribution in [1.82, 2.24) is 15.0 Å². The maximum Gasteiger partial charge on any atom is 1.00 e. The number of carbonyl (C=O) groups excluding carboxylic acids is 1. The summed E-state index contributed by atoms with van der Waals surface area (Å²) in [6.07, 6.45) is -0.197. The van der Waals surface area contributed by atoms with E-state index in [1.807, 2.05) is 0 Å². The number of rotatable bonds is 5. The maximum atomic E-state index is 13.0. The number of pyridine rings is 3. The Bertz CT molecular complexity index is 2280. The van der Waals surface area contributed by atoms with Crippen molar-refractivity contribution in [3.63, 3.8) is 0 Å². The Hall–Kier alpha value is 0.624. The molecule has 3 aromatic rings. The maximum absolute atomic E-state index is 13.0. The standard InChI is InChI=1S/C10H10ClF2N3O2S.C6H6ClN3O2S.C6H8ClN3.C4H5BrF2.CH2O3.2Cs.H4N2O2S.H/c1-15-9-7(2-3-8(11)14-9)16(19(15,17)18)5-6-4-10(6,12)13;1-10-6-4(9-13(10,11)12)2-3-5(7)8-6;1-9-6-4(8)2-3-5(7)10-6;5-2-3-1-4(3,6)7;2-1-4-3;;;1-5(2,3)4;/h2-3,6H,4-5H2,1H3;2-3,9H,1H3;2-3H,8H2,1H3,(H,9,10);3H,1-2H2;1,3H;;;(H4,1,2,3,4);/q;;;;;2*+1;;-1/p-1. The normalized spacial score (nSPS) is 19.3. The van der Waals surface area contributed by atoms with Gasteiger partial charge in [-0.15, -0.1) is 0 Å². The molecule has 0 amide bonds. The van der Waals surface area contributed by atoms with Crippen LogP contribution in [0.1, 0.15) is 14.3 Å². The molecule has 2 aliphatic heterocycles. The third-order valence-electron chi connectivity index (χ3n) is 7.40. The minimum absolute atomic E-state index is 0. The van der Waals surface area contributed by atoms with Gasteiger partial charge in [0, 0.05) is 57.7 Å². The number of aromatic nitrogens is 3. The van der Waals surface area contributed by atoms with Crippen LogP contribution >= 0.6 is 50.7 Å². The van der Waals surface area contributed by atoms with Gasteiger partial charge >= 0.3 is 158 Å². The van der Waals surface area contributed by atoms with Crippen molar-refractivity contribution < 1.29 is 197 Å². The second-order valence-electron chi connectivity index (χ2n) is 11.6. The molecule has 0 bridgehead atoms. The molecule has 5 heterocycles. The summed E-state index contributed by atoms with van der Waals surface area (Å²) in [6, 6.07) is 9.38. The number of nitrogens with one attached hydrogen (secondary N) is 2. The van der Waals surface area contributed by atoms with Crippen LogP contribution in [0.5, 0.6) is 0 Å². The second-order valence-corrected chi connectivity index (χ2v) is 18.2. The molecule has 0 aromatic carbocycles. The van der Waals surface area contributed by atoms with Crippen LogP contribution in [-0.2, 0) is 40.3 Å². The van der Waals surface area contributed by atoms with Gasteiger partial charge < -0.3 is 22.6 Å². The zero-order chi connectivity index (χ0) is 44.6. The zero-order valence-corrected chi connectivity index (χ0v) is 50.7. The fourth-order valence-electron chi connectivity index (χ4n) is 4.24. The van der Waals surface area contributed by atoms with Gasteiger partial charge in [-0.1, -0.05) is 50.7 Å². The van der Waals surface area contributed by atoms with Crippen molar-refractivity contribution in [1.29, 1.82) is 0 Å². The van der Waals surface area contributed by atoms with E-state index in [1.54, 1.807) is 25.2 Å². The third-order valence-corrected chi connectivity index (χ3v) is 12.0. The van der Waals surface area contributed by atoms with Crippen LogP contribution in [0, 0.1) is 11.8 Å². The van der Waals surface area contributed by atoms with E-state index >= 15 is 0 Å². The first-order valence-corrected chi connectivity index (χ1v) is 22.1. The predicted molar refractivity (Wildman–Crippen MR) is 213 cm³/mol. The molecule has 2 fully saturated rings. The molecule has 0 radical (unpaired) electrons. The first-order chi connectivity index (χ1) is 26.6. The molecule has 60 heavy (non-hydrogen) atoms. The Morgan fingerprint density at radius 2 is 1.37 bits per heavy atom.